The number of rotatable bonds is 2. The van der Waals surface area contributed by atoms with Crippen LogP contribution in [0.2, 0.25) is 0 Å². The molecular formula is C6H11IN-. The summed E-state index contributed by atoms with van der Waals surface area (Å²) in [4.78, 5) is 5.01. The fourth-order valence-electron chi connectivity index (χ4n) is 1.15. The monoisotopic (exact) mass is 224 g/mol. The average Bonchev–Trinajstić information content (AvgIpc) is 2.62. The van der Waals surface area contributed by atoms with Crippen LogP contribution in [0.3, 0.4) is 0 Å². The molecule has 0 amide bonds. The Morgan fingerprint density at radius 2 is 2.25 bits per heavy atom. The van der Waals surface area contributed by atoms with Crippen molar-refractivity contribution in [2.24, 2.45) is 0 Å². The van der Waals surface area contributed by atoms with Crippen molar-refractivity contribution in [3.05, 3.63) is 0 Å². The van der Waals surface area contributed by atoms with Gasteiger partial charge in [0.05, 0.1) is 0 Å². The number of hydrogen-bond acceptors (Lipinski definition) is 1. The van der Waals surface area contributed by atoms with Gasteiger partial charge in [0, 0.05) is 0 Å². The van der Waals surface area contributed by atoms with Gasteiger partial charge in [-0.1, -0.05) is 0 Å². The molecule has 0 bridgehead atoms. The van der Waals surface area contributed by atoms with Crippen LogP contribution in [0.5, 0.6) is 0 Å². The van der Waals surface area contributed by atoms with Gasteiger partial charge in [-0.25, -0.2) is 0 Å². The van der Waals surface area contributed by atoms with E-state index >= 15 is 0 Å². The van der Waals surface area contributed by atoms with Crippen molar-refractivity contribution in [2.45, 2.75) is 16.4 Å². The summed E-state index contributed by atoms with van der Waals surface area (Å²) in [5, 5.41) is 0. The van der Waals surface area contributed by atoms with E-state index in [0.29, 0.717) is 21.2 Å². The van der Waals surface area contributed by atoms with E-state index in [2.05, 4.69) is 9.83 Å². The van der Waals surface area contributed by atoms with Gasteiger partial charge in [0.15, 0.2) is 0 Å². The van der Waals surface area contributed by atoms with Crippen LogP contribution in [-0.2, 0) is 0 Å². The summed E-state index contributed by atoms with van der Waals surface area (Å²) in [5.41, 5.74) is 0. The van der Waals surface area contributed by atoms with Crippen LogP contribution in [0.25, 0.3) is 0 Å². The molecule has 1 unspecified atom stereocenters. The van der Waals surface area contributed by atoms with Crippen molar-refractivity contribution in [1.82, 2.24) is 4.90 Å². The predicted molar refractivity (Wildman–Crippen MR) is 29.7 cm³/mol. The number of nitrogens with zero attached hydrogens (tertiary/aromatic N) is 1. The molecule has 2 fully saturated rings. The Bertz CT molecular complexity index is 101. The normalized spacial score (nSPS) is 45.1. The molecule has 1 saturated carbocycles. The van der Waals surface area contributed by atoms with Gasteiger partial charge in [-0.2, -0.15) is 0 Å². The van der Waals surface area contributed by atoms with Crippen LogP contribution in [0.15, 0.2) is 0 Å². The molecule has 1 aliphatic heterocycles. The first-order valence-corrected chi connectivity index (χ1v) is 6.54. The second-order valence-corrected chi connectivity index (χ2v) is 5.42. The van der Waals surface area contributed by atoms with E-state index in [4.69, 9.17) is 0 Å². The zero-order valence-electron chi connectivity index (χ0n) is 5.10. The molecule has 2 heteroatoms. The molecule has 1 aliphatic carbocycles. The van der Waals surface area contributed by atoms with Crippen molar-refractivity contribution >= 4 is 0 Å². The molecule has 0 spiro atoms. The summed E-state index contributed by atoms with van der Waals surface area (Å²) < 4.78 is 1.19. The van der Waals surface area contributed by atoms with Gasteiger partial charge in [0.2, 0.25) is 0 Å². The van der Waals surface area contributed by atoms with E-state index in [-0.39, 0.29) is 0 Å². The zero-order chi connectivity index (χ0) is 5.56. The SMILES string of the molecule is C[I-][C@@H]1CC1N1CC1. The molecule has 0 aromatic rings. The van der Waals surface area contributed by atoms with E-state index in [9.17, 15) is 0 Å². The van der Waals surface area contributed by atoms with Gasteiger partial charge in [0.25, 0.3) is 0 Å². The van der Waals surface area contributed by atoms with Crippen LogP contribution in [0.4, 0.5) is 0 Å². The van der Waals surface area contributed by atoms with E-state index in [1.54, 1.807) is 6.42 Å². The molecule has 2 rings (SSSR count). The molecule has 0 radical (unpaired) electrons. The average molecular weight is 224 g/mol. The summed E-state index contributed by atoms with van der Waals surface area (Å²) in [6.45, 7) is 2.82. The molecule has 48 valence electrons. The van der Waals surface area contributed by atoms with Gasteiger partial charge in [-0.15, -0.1) is 0 Å². The van der Waals surface area contributed by atoms with Gasteiger partial charge in [-0.05, 0) is 0 Å². The minimum absolute atomic E-state index is 0.583. The van der Waals surface area contributed by atoms with Crippen LogP contribution >= 0.6 is 0 Å². The zero-order valence-corrected chi connectivity index (χ0v) is 7.26. The number of hydrogen-bond donors (Lipinski definition) is 0. The van der Waals surface area contributed by atoms with Crippen molar-refractivity contribution in [3.63, 3.8) is 0 Å². The topological polar surface area (TPSA) is 3.01 Å². The van der Waals surface area contributed by atoms with E-state index in [0.717, 1.165) is 6.04 Å². The summed E-state index contributed by atoms with van der Waals surface area (Å²) in [7, 11) is 0. The van der Waals surface area contributed by atoms with Crippen molar-refractivity contribution in [1.29, 1.82) is 0 Å². The van der Waals surface area contributed by atoms with E-state index in [1.165, 1.54) is 17.0 Å². The second kappa shape index (κ2) is 1.84. The summed E-state index contributed by atoms with van der Waals surface area (Å²) in [6, 6.07) is 1.08. The Morgan fingerprint density at radius 3 is 2.62 bits per heavy atom. The molecule has 1 heterocycles. The molecule has 2 atom stereocenters. The summed E-state index contributed by atoms with van der Waals surface area (Å²) in [6.07, 6.45) is 1.55. The third-order valence-corrected chi connectivity index (χ3v) is 4.85. The third kappa shape index (κ3) is 0.880. The Morgan fingerprint density at radius 1 is 1.50 bits per heavy atom. The van der Waals surface area contributed by atoms with Crippen LogP contribution in [0, 0.1) is 0 Å². The first-order valence-electron chi connectivity index (χ1n) is 3.14. The molecule has 0 aromatic carbocycles. The first-order chi connectivity index (χ1) is 3.92. The van der Waals surface area contributed by atoms with Gasteiger partial charge in [-0.3, -0.25) is 0 Å². The van der Waals surface area contributed by atoms with Crippen LogP contribution in [0.1, 0.15) is 6.42 Å². The van der Waals surface area contributed by atoms with Gasteiger partial charge < -0.3 is 0 Å². The fraction of sp³-hybridized carbons (Fsp3) is 1.00. The number of alkyl halides is 2. The molecule has 0 aromatic heterocycles. The van der Waals surface area contributed by atoms with Gasteiger partial charge in [0.1, 0.15) is 0 Å². The van der Waals surface area contributed by atoms with E-state index < -0.39 is 0 Å². The minimum atomic E-state index is 0.583. The molecule has 2 aliphatic rings. The predicted octanol–water partition coefficient (Wildman–Crippen LogP) is -2.84. The Hall–Kier alpha value is 0.690. The molecule has 1 nitrogen and oxygen atoms in total. The quantitative estimate of drug-likeness (QED) is 0.277. The second-order valence-electron chi connectivity index (χ2n) is 2.57. The summed E-state index contributed by atoms with van der Waals surface area (Å²) in [5.74, 6) is 0. The molecule has 0 N–H and O–H groups in total. The Labute approximate surface area is 60.7 Å². The van der Waals surface area contributed by atoms with Crippen molar-refractivity contribution in [3.8, 4) is 0 Å². The Kier molecular flexibility index (Phi) is 1.26. The molecular weight excluding hydrogens is 213 g/mol. The fourth-order valence-corrected chi connectivity index (χ4v) is 3.47. The van der Waals surface area contributed by atoms with Crippen LogP contribution < -0.4 is 21.2 Å². The maximum atomic E-state index is 2.61. The number of halogens is 1. The van der Waals surface area contributed by atoms with Crippen LogP contribution in [-0.4, -0.2) is 32.9 Å². The Balaban J connectivity index is 1.79. The standard InChI is InChI=1S/C6H11IN/c1-7-5-4-6(5)8-2-3-8/h5-6H,2-4H2,1H3/q-1/t5-,6?/m1/s1. The van der Waals surface area contributed by atoms with Gasteiger partial charge >= 0.3 is 60.5 Å². The van der Waals surface area contributed by atoms with E-state index in [1.807, 2.05) is 0 Å². The maximum absolute atomic E-state index is 2.61. The van der Waals surface area contributed by atoms with Crippen molar-refractivity contribution in [2.75, 3.05) is 18.0 Å². The third-order valence-electron chi connectivity index (χ3n) is 1.91. The first kappa shape index (κ1) is 5.47. The molecule has 8 heavy (non-hydrogen) atoms. The van der Waals surface area contributed by atoms with Crippen molar-refractivity contribution < 1.29 is 21.2 Å². The summed E-state index contributed by atoms with van der Waals surface area (Å²) >= 11 is 0.583. The molecule has 1 saturated heterocycles.